The summed E-state index contributed by atoms with van der Waals surface area (Å²) in [6.07, 6.45) is 40.0. The molecule has 0 aromatic rings. The first kappa shape index (κ1) is 31.7. The minimum absolute atomic E-state index is 0. The van der Waals surface area contributed by atoms with Gasteiger partial charge in [-0.3, -0.25) is 24.3 Å². The van der Waals surface area contributed by atoms with Crippen LogP contribution in [-0.4, -0.2) is 0 Å². The van der Waals surface area contributed by atoms with Crippen molar-refractivity contribution in [2.24, 2.45) is 0 Å². The zero-order valence-corrected chi connectivity index (χ0v) is 19.3. The fourth-order valence-electron chi connectivity index (χ4n) is 1.36. The molecule has 0 bridgehead atoms. The predicted molar refractivity (Wildman–Crippen MR) is 86.3 cm³/mol. The van der Waals surface area contributed by atoms with Crippen molar-refractivity contribution >= 4 is 0 Å². The fourth-order valence-corrected chi connectivity index (χ4v) is 1.36. The molecule has 0 saturated carbocycles. The maximum atomic E-state index is 2.99. The van der Waals surface area contributed by atoms with Crippen LogP contribution in [0.1, 0.15) is 25.7 Å². The number of hydrogen-bond acceptors (Lipinski definition) is 0. The number of allylic oxidation sites excluding steroid dienone is 16. The van der Waals surface area contributed by atoms with Crippen molar-refractivity contribution in [3.8, 4) is 0 Å². The average Bonchev–Trinajstić information content (AvgIpc) is 3.40. The molecule has 24 heavy (non-hydrogen) atoms. The van der Waals surface area contributed by atoms with E-state index < -0.39 is 0 Å². The van der Waals surface area contributed by atoms with E-state index in [1.165, 1.54) is 0 Å². The monoisotopic (exact) mass is 516 g/mol. The van der Waals surface area contributed by atoms with E-state index in [-0.39, 0.29) is 69.6 Å². The molecule has 4 heteroatoms. The smallest absolute Gasteiger partial charge is 1.00 e. The zero-order valence-electron chi connectivity index (χ0n) is 13.4. The molecule has 4 aliphatic rings. The molecule has 0 aromatic carbocycles. The fraction of sp³-hybridized carbons (Fsp3) is 0.200. The minimum Gasteiger partial charge on any atom is -1.00 e. The van der Waals surface area contributed by atoms with Crippen LogP contribution in [0.15, 0.2) is 72.9 Å². The summed E-state index contributed by atoms with van der Waals surface area (Å²) in [5, 5.41) is 0. The van der Waals surface area contributed by atoms with Crippen molar-refractivity contribution in [2.75, 3.05) is 0 Å². The molecule has 0 atom stereocenters. The van der Waals surface area contributed by atoms with Gasteiger partial charge in [-0.05, 0) is 0 Å². The Morgan fingerprint density at radius 1 is 0.417 bits per heavy atom. The molecule has 0 fully saturated rings. The standard InChI is InChI=1S/4C5H5.2ClH.2Nb/c4*1-2-4-5-3-1;;;;/h4*1-3H,4H2;2*1H;;/q4*-1;;;2*+2/p-2. The van der Waals surface area contributed by atoms with Crippen LogP contribution in [-0.2, 0) is 44.8 Å². The summed E-state index contributed by atoms with van der Waals surface area (Å²) in [5.41, 5.74) is 0. The van der Waals surface area contributed by atoms with Crippen molar-refractivity contribution < 1.29 is 69.6 Å². The molecule has 4 rings (SSSR count). The van der Waals surface area contributed by atoms with E-state index in [9.17, 15) is 0 Å². The first-order valence-electron chi connectivity index (χ1n) is 6.87. The normalized spacial score (nSPS) is 14.7. The Bertz CT molecular complexity index is 340. The summed E-state index contributed by atoms with van der Waals surface area (Å²) < 4.78 is 0. The first-order valence-corrected chi connectivity index (χ1v) is 6.87. The van der Waals surface area contributed by atoms with Crippen LogP contribution in [0.3, 0.4) is 0 Å². The Balaban J connectivity index is -0.000000105. The average molecular weight is 517 g/mol. The summed E-state index contributed by atoms with van der Waals surface area (Å²) >= 11 is 0. The minimum atomic E-state index is 0. The molecule has 0 unspecified atom stereocenters. The molecule has 2 radical (unpaired) electrons. The molecule has 0 spiro atoms. The van der Waals surface area contributed by atoms with E-state index in [0.717, 1.165) is 25.7 Å². The summed E-state index contributed by atoms with van der Waals surface area (Å²) in [6.45, 7) is 0. The second-order valence-electron chi connectivity index (χ2n) is 4.01. The van der Waals surface area contributed by atoms with Gasteiger partial charge < -0.3 is 24.8 Å². The van der Waals surface area contributed by atoms with Gasteiger partial charge in [-0.25, -0.2) is 48.6 Å². The second kappa shape index (κ2) is 27.8. The molecule has 0 heterocycles. The molecule has 0 aromatic heterocycles. The van der Waals surface area contributed by atoms with Gasteiger partial charge >= 0.3 is 44.8 Å². The Morgan fingerprint density at radius 3 is 0.667 bits per heavy atom. The quantitative estimate of drug-likeness (QED) is 0.293. The van der Waals surface area contributed by atoms with Crippen LogP contribution in [0.25, 0.3) is 0 Å². The third kappa shape index (κ3) is 24.2. The molecule has 4 aliphatic carbocycles. The number of hydrogen-bond donors (Lipinski definition) is 0. The van der Waals surface area contributed by atoms with Crippen LogP contribution in [0.5, 0.6) is 0 Å². The maximum Gasteiger partial charge on any atom is 2.00 e. The largest absolute Gasteiger partial charge is 2.00 e. The van der Waals surface area contributed by atoms with Crippen LogP contribution in [0.4, 0.5) is 0 Å². The van der Waals surface area contributed by atoms with Crippen molar-refractivity contribution in [3.05, 3.63) is 97.2 Å². The van der Waals surface area contributed by atoms with Crippen LogP contribution < -0.4 is 24.8 Å². The van der Waals surface area contributed by atoms with Crippen molar-refractivity contribution in [3.63, 3.8) is 0 Å². The Hall–Kier alpha value is -0.0195. The topological polar surface area (TPSA) is 0 Å². The third-order valence-corrected chi connectivity index (χ3v) is 2.34. The Labute approximate surface area is 191 Å². The van der Waals surface area contributed by atoms with Crippen molar-refractivity contribution in [2.45, 2.75) is 25.7 Å². The molecular formula is C20H20Cl2Nb2-2. The van der Waals surface area contributed by atoms with E-state index >= 15 is 0 Å². The van der Waals surface area contributed by atoms with Crippen molar-refractivity contribution in [1.29, 1.82) is 0 Å². The van der Waals surface area contributed by atoms with E-state index in [2.05, 4.69) is 48.6 Å². The molecule has 0 N–H and O–H groups in total. The van der Waals surface area contributed by atoms with Gasteiger partial charge in [0.15, 0.2) is 0 Å². The third-order valence-electron chi connectivity index (χ3n) is 2.34. The van der Waals surface area contributed by atoms with Gasteiger partial charge in [0, 0.05) is 0 Å². The van der Waals surface area contributed by atoms with Gasteiger partial charge in [0.25, 0.3) is 0 Å². The summed E-state index contributed by atoms with van der Waals surface area (Å²) in [4.78, 5) is 0. The number of halogens is 2. The van der Waals surface area contributed by atoms with Crippen LogP contribution >= 0.6 is 0 Å². The van der Waals surface area contributed by atoms with Crippen LogP contribution in [0.2, 0.25) is 0 Å². The maximum absolute atomic E-state index is 2.99. The van der Waals surface area contributed by atoms with Gasteiger partial charge in [-0.2, -0.15) is 24.3 Å². The van der Waals surface area contributed by atoms with E-state index in [1.54, 1.807) is 0 Å². The molecule has 126 valence electrons. The second-order valence-corrected chi connectivity index (χ2v) is 4.01. The summed E-state index contributed by atoms with van der Waals surface area (Å²) in [5.74, 6) is 0. The van der Waals surface area contributed by atoms with E-state index in [0.29, 0.717) is 0 Å². The van der Waals surface area contributed by atoms with Crippen LogP contribution in [0, 0.1) is 24.3 Å². The van der Waals surface area contributed by atoms with E-state index in [1.807, 2.05) is 48.6 Å². The zero-order chi connectivity index (χ0) is 14.1. The van der Waals surface area contributed by atoms with Gasteiger partial charge in [0.1, 0.15) is 0 Å². The molecule has 0 saturated heterocycles. The molecule has 0 amide bonds. The first-order chi connectivity index (χ1) is 10.0. The van der Waals surface area contributed by atoms with Gasteiger partial charge in [0.2, 0.25) is 0 Å². The van der Waals surface area contributed by atoms with Gasteiger partial charge in [-0.1, -0.05) is 0 Å². The Kier molecular flexibility index (Phi) is 36.8. The molecular weight excluding hydrogens is 497 g/mol. The van der Waals surface area contributed by atoms with Gasteiger partial charge in [-0.15, -0.1) is 25.7 Å². The molecule has 0 nitrogen and oxygen atoms in total. The molecule has 0 aliphatic heterocycles. The predicted octanol–water partition coefficient (Wildman–Crippen LogP) is -0.774. The summed E-state index contributed by atoms with van der Waals surface area (Å²) in [6, 6.07) is 0. The van der Waals surface area contributed by atoms with Crippen molar-refractivity contribution in [1.82, 2.24) is 0 Å². The Morgan fingerprint density at radius 2 is 0.625 bits per heavy atom. The van der Waals surface area contributed by atoms with E-state index in [4.69, 9.17) is 0 Å². The summed E-state index contributed by atoms with van der Waals surface area (Å²) in [7, 11) is 0. The van der Waals surface area contributed by atoms with Gasteiger partial charge in [0.05, 0.1) is 0 Å². The SMILES string of the molecule is [C-]1=CC=CC1.[C-]1=CC=CC1.[C-]1=CC=CC1.[C-]1=CC=CC1.[Cl-].[Cl-].[Nb+2].[Nb+2]. The number of rotatable bonds is 0.